The number of fused-ring (bicyclic) bond motifs is 1. The Morgan fingerprint density at radius 2 is 2.17 bits per heavy atom. The highest BCUT2D eigenvalue weighted by atomic mass is 35.5. The topological polar surface area (TPSA) is 65.5 Å². The van der Waals surface area contributed by atoms with Crippen molar-refractivity contribution in [2.45, 2.75) is 12.8 Å². The largest absolute Gasteiger partial charge is 0.396 e. The number of aliphatic hydroxyl groups excluding tert-OH is 1. The number of piperidine rings is 1. The van der Waals surface area contributed by atoms with Crippen LogP contribution in [0, 0.1) is 11.7 Å². The lowest BCUT2D eigenvalue weighted by molar-refractivity contribution is 0.143. The Balaban J connectivity index is 1.77. The lowest BCUT2D eigenvalue weighted by Crippen LogP contribution is -2.41. The molecule has 3 rings (SSSR count). The number of aliphatic hydroxyl groups is 1. The summed E-state index contributed by atoms with van der Waals surface area (Å²) in [5, 5.41) is 12.6. The molecule has 0 aliphatic carbocycles. The van der Waals surface area contributed by atoms with Crippen LogP contribution in [-0.2, 0) is 0 Å². The van der Waals surface area contributed by atoms with Crippen LogP contribution in [0.4, 0.5) is 14.9 Å². The van der Waals surface area contributed by atoms with Crippen molar-refractivity contribution in [1.29, 1.82) is 0 Å². The number of nitrogens with zero attached hydrogens (tertiary/aromatic N) is 2. The van der Waals surface area contributed by atoms with Gasteiger partial charge in [-0.2, -0.15) is 0 Å². The number of anilines is 1. The molecule has 5 nitrogen and oxygen atoms in total. The number of pyridine rings is 1. The quantitative estimate of drug-likeness (QED) is 0.884. The van der Waals surface area contributed by atoms with Gasteiger partial charge in [0.1, 0.15) is 11.3 Å². The molecule has 0 bridgehead atoms. The third-order valence-corrected chi connectivity index (χ3v) is 4.59. The second-order valence-corrected chi connectivity index (χ2v) is 6.04. The third kappa shape index (κ3) is 3.23. The van der Waals surface area contributed by atoms with Crippen LogP contribution in [-0.4, -0.2) is 40.7 Å². The molecule has 0 atom stereocenters. The van der Waals surface area contributed by atoms with Gasteiger partial charge in [-0.3, -0.25) is 4.98 Å². The average Bonchev–Trinajstić information content (AvgIpc) is 2.58. The highest BCUT2D eigenvalue weighted by Crippen LogP contribution is 2.30. The van der Waals surface area contributed by atoms with Crippen molar-refractivity contribution >= 4 is 34.2 Å². The minimum atomic E-state index is -0.451. The van der Waals surface area contributed by atoms with E-state index < -0.39 is 5.82 Å². The molecule has 2 N–H and O–H groups in total. The van der Waals surface area contributed by atoms with Crippen LogP contribution < -0.4 is 5.32 Å². The molecule has 1 saturated heterocycles. The highest BCUT2D eigenvalue weighted by Gasteiger charge is 2.23. The van der Waals surface area contributed by atoms with Gasteiger partial charge >= 0.3 is 6.03 Å². The van der Waals surface area contributed by atoms with E-state index in [0.717, 1.165) is 12.8 Å². The summed E-state index contributed by atoms with van der Waals surface area (Å²) in [6.07, 6.45) is 2.92. The molecule has 0 radical (unpaired) electrons. The molecule has 7 heteroatoms. The van der Waals surface area contributed by atoms with Crippen LogP contribution >= 0.6 is 11.6 Å². The summed E-state index contributed by atoms with van der Waals surface area (Å²) in [5.41, 5.74) is 0.540. The van der Waals surface area contributed by atoms with Crippen molar-refractivity contribution < 1.29 is 14.3 Å². The predicted molar refractivity (Wildman–Crippen MR) is 87.1 cm³/mol. The normalized spacial score (nSPS) is 15.9. The summed E-state index contributed by atoms with van der Waals surface area (Å²) in [5.74, 6) is -0.193. The Labute approximate surface area is 138 Å². The number of para-hydroxylation sites is 1. The smallest absolute Gasteiger partial charge is 0.321 e. The molecule has 1 aliphatic heterocycles. The van der Waals surface area contributed by atoms with E-state index >= 15 is 0 Å². The minimum Gasteiger partial charge on any atom is -0.396 e. The van der Waals surface area contributed by atoms with Gasteiger partial charge in [0, 0.05) is 25.1 Å². The zero-order chi connectivity index (χ0) is 16.4. The Hall–Kier alpha value is -1.92. The van der Waals surface area contributed by atoms with E-state index in [2.05, 4.69) is 10.3 Å². The van der Waals surface area contributed by atoms with Gasteiger partial charge in [0.05, 0.1) is 16.9 Å². The fourth-order valence-corrected chi connectivity index (χ4v) is 3.00. The summed E-state index contributed by atoms with van der Waals surface area (Å²) >= 11 is 6.27. The van der Waals surface area contributed by atoms with Gasteiger partial charge in [0.2, 0.25) is 0 Å². The number of amides is 2. The number of benzene rings is 1. The molecule has 2 amide bonds. The number of hydrogen-bond donors (Lipinski definition) is 2. The average molecular weight is 338 g/mol. The predicted octanol–water partition coefficient (Wildman–Crippen LogP) is 3.26. The van der Waals surface area contributed by atoms with E-state index in [4.69, 9.17) is 16.7 Å². The van der Waals surface area contributed by atoms with Crippen molar-refractivity contribution in [2.24, 2.45) is 5.92 Å². The van der Waals surface area contributed by atoms with Crippen LogP contribution in [0.25, 0.3) is 10.9 Å². The second-order valence-electron chi connectivity index (χ2n) is 5.67. The molecule has 1 aromatic carbocycles. The van der Waals surface area contributed by atoms with E-state index in [0.29, 0.717) is 24.2 Å². The first-order valence-corrected chi connectivity index (χ1v) is 7.87. The fraction of sp³-hybridized carbons (Fsp3) is 0.375. The number of nitrogens with one attached hydrogen (secondary N) is 1. The van der Waals surface area contributed by atoms with Crippen molar-refractivity contribution in [3.8, 4) is 0 Å². The first-order chi connectivity index (χ1) is 11.1. The number of likely N-dealkylation sites (tertiary alicyclic amines) is 1. The van der Waals surface area contributed by atoms with Crippen LogP contribution in [0.2, 0.25) is 5.02 Å². The number of rotatable bonds is 2. The maximum atomic E-state index is 13.7. The summed E-state index contributed by atoms with van der Waals surface area (Å²) in [6.45, 7) is 1.33. The lowest BCUT2D eigenvalue weighted by Gasteiger charge is -2.31. The first kappa shape index (κ1) is 16.0. The number of aromatic nitrogens is 1. The SMILES string of the molecule is O=C(Nc1cnc2c(F)cccc2c1Cl)N1CCC(CO)CC1. The molecular formula is C16H17ClFN3O2. The van der Waals surface area contributed by atoms with E-state index in [1.54, 1.807) is 17.0 Å². The van der Waals surface area contributed by atoms with Crippen molar-refractivity contribution in [3.63, 3.8) is 0 Å². The molecular weight excluding hydrogens is 321 g/mol. The Morgan fingerprint density at radius 1 is 1.43 bits per heavy atom. The van der Waals surface area contributed by atoms with Crippen molar-refractivity contribution in [2.75, 3.05) is 25.0 Å². The zero-order valence-corrected chi connectivity index (χ0v) is 13.2. The molecule has 122 valence electrons. The van der Waals surface area contributed by atoms with E-state index in [1.807, 2.05) is 0 Å². The van der Waals surface area contributed by atoms with Crippen LogP contribution in [0.1, 0.15) is 12.8 Å². The van der Waals surface area contributed by atoms with E-state index in [1.165, 1.54) is 12.3 Å². The maximum absolute atomic E-state index is 13.7. The van der Waals surface area contributed by atoms with Gasteiger partial charge in [-0.05, 0) is 24.8 Å². The van der Waals surface area contributed by atoms with Gasteiger partial charge in [-0.15, -0.1) is 0 Å². The van der Waals surface area contributed by atoms with Crippen molar-refractivity contribution in [1.82, 2.24) is 9.88 Å². The van der Waals surface area contributed by atoms with E-state index in [-0.39, 0.29) is 29.1 Å². The minimum absolute atomic E-state index is 0.154. The molecule has 1 aromatic heterocycles. The molecule has 0 spiro atoms. The summed E-state index contributed by atoms with van der Waals surface area (Å²) in [4.78, 5) is 18.0. The van der Waals surface area contributed by atoms with Gasteiger partial charge in [0.25, 0.3) is 0 Å². The number of carbonyl (C=O) groups is 1. The number of urea groups is 1. The summed E-state index contributed by atoms with van der Waals surface area (Å²) < 4.78 is 13.7. The molecule has 23 heavy (non-hydrogen) atoms. The third-order valence-electron chi connectivity index (χ3n) is 4.18. The maximum Gasteiger partial charge on any atom is 0.321 e. The van der Waals surface area contributed by atoms with Crippen molar-refractivity contribution in [3.05, 3.63) is 35.2 Å². The highest BCUT2D eigenvalue weighted by molar-refractivity contribution is 6.38. The standard InChI is InChI=1S/C16H17ClFN3O2/c17-14-11-2-1-3-12(18)15(11)19-8-13(14)20-16(23)21-6-4-10(9-22)5-7-21/h1-3,8,10,22H,4-7,9H2,(H,20,23). The summed E-state index contributed by atoms with van der Waals surface area (Å²) in [7, 11) is 0. The number of carbonyl (C=O) groups excluding carboxylic acids is 1. The van der Waals surface area contributed by atoms with Gasteiger partial charge in [-0.1, -0.05) is 23.7 Å². The van der Waals surface area contributed by atoms with Crippen LogP contribution in [0.5, 0.6) is 0 Å². The second kappa shape index (κ2) is 6.68. The zero-order valence-electron chi connectivity index (χ0n) is 12.4. The van der Waals surface area contributed by atoms with Crippen LogP contribution in [0.3, 0.4) is 0 Å². The number of halogens is 2. The molecule has 0 unspecified atom stereocenters. The fourth-order valence-electron chi connectivity index (χ4n) is 2.75. The Bertz CT molecular complexity index is 733. The van der Waals surface area contributed by atoms with Gasteiger partial charge in [0.15, 0.2) is 0 Å². The Kier molecular flexibility index (Phi) is 4.63. The lowest BCUT2D eigenvalue weighted by atomic mass is 9.98. The number of hydrogen-bond acceptors (Lipinski definition) is 3. The molecule has 2 aromatic rings. The Morgan fingerprint density at radius 3 is 2.87 bits per heavy atom. The van der Waals surface area contributed by atoms with Crippen LogP contribution in [0.15, 0.2) is 24.4 Å². The monoisotopic (exact) mass is 337 g/mol. The first-order valence-electron chi connectivity index (χ1n) is 7.49. The molecule has 1 fully saturated rings. The molecule has 2 heterocycles. The molecule has 0 saturated carbocycles. The van der Waals surface area contributed by atoms with Gasteiger partial charge < -0.3 is 15.3 Å². The van der Waals surface area contributed by atoms with Gasteiger partial charge in [-0.25, -0.2) is 9.18 Å². The van der Waals surface area contributed by atoms with E-state index in [9.17, 15) is 9.18 Å². The summed E-state index contributed by atoms with van der Waals surface area (Å²) in [6, 6.07) is 4.27. The molecule has 1 aliphatic rings.